The Kier molecular flexibility index (Phi) is 10.7. The van der Waals surface area contributed by atoms with Crippen LogP contribution in [0.4, 0.5) is 0 Å². The summed E-state index contributed by atoms with van der Waals surface area (Å²) >= 11 is 0. The molecule has 0 saturated carbocycles. The van der Waals surface area contributed by atoms with Crippen LogP contribution in [0.25, 0.3) is 0 Å². The van der Waals surface area contributed by atoms with Gasteiger partial charge in [-0.3, -0.25) is 0 Å². The molecule has 15 heavy (non-hydrogen) atoms. The molecule has 0 heterocycles. The van der Waals surface area contributed by atoms with Crippen LogP contribution < -0.4 is 0 Å². The minimum absolute atomic E-state index is 0.195. The number of carbonyl (C=O) groups excluding carboxylic acids is 1. The van der Waals surface area contributed by atoms with Crippen LogP contribution in [0, 0.1) is 0 Å². The van der Waals surface area contributed by atoms with Gasteiger partial charge in [0.25, 0.3) is 0 Å². The van der Waals surface area contributed by atoms with E-state index in [1.165, 1.54) is 25.7 Å². The fourth-order valence-corrected chi connectivity index (χ4v) is 1.23. The molecule has 0 aliphatic heterocycles. The van der Waals surface area contributed by atoms with Gasteiger partial charge in [-0.1, -0.05) is 45.6 Å². The van der Waals surface area contributed by atoms with E-state index in [2.05, 4.69) is 13.8 Å². The second-order valence-electron chi connectivity index (χ2n) is 3.77. The number of esters is 1. The minimum Gasteiger partial charge on any atom is -0.463 e. The van der Waals surface area contributed by atoms with E-state index in [1.807, 2.05) is 6.08 Å². The summed E-state index contributed by atoms with van der Waals surface area (Å²) in [7, 11) is 0. The number of hydrogen-bond acceptors (Lipinski definition) is 2. The summed E-state index contributed by atoms with van der Waals surface area (Å²) in [4.78, 5) is 11.1. The molecular formula is C13H24O2. The van der Waals surface area contributed by atoms with Gasteiger partial charge in [-0.15, -0.1) is 0 Å². The van der Waals surface area contributed by atoms with Gasteiger partial charge in [-0.05, 0) is 19.3 Å². The molecule has 0 radical (unpaired) electrons. The largest absolute Gasteiger partial charge is 0.463 e. The summed E-state index contributed by atoms with van der Waals surface area (Å²) in [5.74, 6) is -0.195. The fourth-order valence-electron chi connectivity index (χ4n) is 1.23. The fraction of sp³-hybridized carbons (Fsp3) is 0.769. The van der Waals surface area contributed by atoms with E-state index < -0.39 is 0 Å². The molecule has 0 rings (SSSR count). The Bertz CT molecular complexity index is 173. The number of unbranched alkanes of at least 4 members (excludes halogenated alkanes) is 5. The van der Waals surface area contributed by atoms with E-state index in [0.29, 0.717) is 6.61 Å². The van der Waals surface area contributed by atoms with Crippen molar-refractivity contribution in [3.8, 4) is 0 Å². The van der Waals surface area contributed by atoms with Gasteiger partial charge in [-0.25, -0.2) is 4.79 Å². The summed E-state index contributed by atoms with van der Waals surface area (Å²) in [5.41, 5.74) is 0. The average molecular weight is 212 g/mol. The molecule has 0 aromatic rings. The normalized spacial score (nSPS) is 10.8. The minimum atomic E-state index is -0.195. The Balaban J connectivity index is 3.30. The molecule has 2 heteroatoms. The number of rotatable bonds is 9. The second-order valence-corrected chi connectivity index (χ2v) is 3.77. The summed E-state index contributed by atoms with van der Waals surface area (Å²) in [6.07, 6.45) is 11.5. The van der Waals surface area contributed by atoms with Crippen molar-refractivity contribution in [3.63, 3.8) is 0 Å². The van der Waals surface area contributed by atoms with Crippen molar-refractivity contribution in [1.82, 2.24) is 0 Å². The smallest absolute Gasteiger partial charge is 0.330 e. The highest BCUT2D eigenvalue weighted by atomic mass is 16.5. The maximum absolute atomic E-state index is 11.1. The highest BCUT2D eigenvalue weighted by molar-refractivity contribution is 5.81. The maximum atomic E-state index is 11.1. The predicted molar refractivity (Wildman–Crippen MR) is 63.8 cm³/mol. The van der Waals surface area contributed by atoms with Crippen molar-refractivity contribution in [2.45, 2.75) is 58.8 Å². The summed E-state index contributed by atoms with van der Waals surface area (Å²) in [5, 5.41) is 0. The lowest BCUT2D eigenvalue weighted by atomic mass is 10.1. The Morgan fingerprint density at radius 2 is 1.80 bits per heavy atom. The Labute approximate surface area is 93.7 Å². The molecule has 0 aliphatic carbocycles. The van der Waals surface area contributed by atoms with E-state index >= 15 is 0 Å². The van der Waals surface area contributed by atoms with Gasteiger partial charge in [0.05, 0.1) is 6.61 Å². The van der Waals surface area contributed by atoms with E-state index in [0.717, 1.165) is 19.3 Å². The number of ether oxygens (including phenoxy) is 1. The number of carbonyl (C=O) groups is 1. The van der Waals surface area contributed by atoms with Crippen molar-refractivity contribution in [3.05, 3.63) is 12.2 Å². The van der Waals surface area contributed by atoms with Crippen molar-refractivity contribution in [1.29, 1.82) is 0 Å². The van der Waals surface area contributed by atoms with Crippen molar-refractivity contribution < 1.29 is 9.53 Å². The monoisotopic (exact) mass is 212 g/mol. The average Bonchev–Trinajstić information content (AvgIpc) is 2.23. The number of allylic oxidation sites excluding steroid dienone is 1. The third-order valence-corrected chi connectivity index (χ3v) is 2.22. The van der Waals surface area contributed by atoms with Gasteiger partial charge in [0.2, 0.25) is 0 Å². The first kappa shape index (κ1) is 14.2. The quantitative estimate of drug-likeness (QED) is 0.329. The highest BCUT2D eigenvalue weighted by Gasteiger charge is 1.94. The molecule has 0 aromatic carbocycles. The first-order chi connectivity index (χ1) is 7.31. The van der Waals surface area contributed by atoms with Crippen LogP contribution in [-0.4, -0.2) is 12.6 Å². The van der Waals surface area contributed by atoms with Gasteiger partial charge in [0.1, 0.15) is 0 Å². The topological polar surface area (TPSA) is 26.3 Å². The first-order valence-corrected chi connectivity index (χ1v) is 6.14. The summed E-state index contributed by atoms with van der Waals surface area (Å²) in [6, 6.07) is 0. The molecule has 0 N–H and O–H groups in total. The molecule has 0 saturated heterocycles. The highest BCUT2D eigenvalue weighted by Crippen LogP contribution is 2.02. The van der Waals surface area contributed by atoms with Crippen LogP contribution in [-0.2, 0) is 9.53 Å². The Morgan fingerprint density at radius 1 is 1.07 bits per heavy atom. The van der Waals surface area contributed by atoms with Crippen LogP contribution in [0.1, 0.15) is 58.8 Å². The Morgan fingerprint density at radius 3 is 2.47 bits per heavy atom. The van der Waals surface area contributed by atoms with Gasteiger partial charge < -0.3 is 4.74 Å². The van der Waals surface area contributed by atoms with Gasteiger partial charge in [0, 0.05) is 6.08 Å². The molecule has 0 atom stereocenters. The van der Waals surface area contributed by atoms with Crippen LogP contribution in [0.3, 0.4) is 0 Å². The SMILES string of the molecule is CCCCCC/C=C/C(=O)OCCCC. The van der Waals surface area contributed by atoms with Gasteiger partial charge >= 0.3 is 5.97 Å². The predicted octanol–water partition coefficient (Wildman–Crippen LogP) is 3.86. The number of hydrogen-bond donors (Lipinski definition) is 0. The molecule has 0 aromatic heterocycles. The van der Waals surface area contributed by atoms with Crippen molar-refractivity contribution in [2.24, 2.45) is 0 Å². The third kappa shape index (κ3) is 11.1. The lowest BCUT2D eigenvalue weighted by Crippen LogP contribution is -2.01. The Hall–Kier alpha value is -0.790. The lowest BCUT2D eigenvalue weighted by Gasteiger charge is -1.99. The molecule has 2 nitrogen and oxygen atoms in total. The van der Waals surface area contributed by atoms with Crippen LogP contribution in [0.2, 0.25) is 0 Å². The van der Waals surface area contributed by atoms with Crippen LogP contribution in [0.15, 0.2) is 12.2 Å². The van der Waals surface area contributed by atoms with E-state index in [-0.39, 0.29) is 5.97 Å². The van der Waals surface area contributed by atoms with Crippen LogP contribution in [0.5, 0.6) is 0 Å². The second kappa shape index (κ2) is 11.3. The standard InChI is InChI=1S/C13H24O2/c1-3-5-7-8-9-10-11-13(14)15-12-6-4-2/h10-11H,3-9,12H2,1-2H3/b11-10+. The zero-order valence-corrected chi connectivity index (χ0v) is 10.1. The molecule has 0 spiro atoms. The van der Waals surface area contributed by atoms with Crippen molar-refractivity contribution in [2.75, 3.05) is 6.61 Å². The van der Waals surface area contributed by atoms with Gasteiger partial charge in [-0.2, -0.15) is 0 Å². The maximum Gasteiger partial charge on any atom is 0.330 e. The van der Waals surface area contributed by atoms with Crippen LogP contribution >= 0.6 is 0 Å². The summed E-state index contributed by atoms with van der Waals surface area (Å²) < 4.78 is 4.98. The molecule has 0 unspecified atom stereocenters. The molecule has 0 fully saturated rings. The van der Waals surface area contributed by atoms with E-state index in [4.69, 9.17) is 4.74 Å². The first-order valence-electron chi connectivity index (χ1n) is 6.14. The van der Waals surface area contributed by atoms with Gasteiger partial charge in [0.15, 0.2) is 0 Å². The summed E-state index contributed by atoms with van der Waals surface area (Å²) in [6.45, 7) is 4.83. The van der Waals surface area contributed by atoms with E-state index in [1.54, 1.807) is 6.08 Å². The van der Waals surface area contributed by atoms with E-state index in [9.17, 15) is 4.79 Å². The molecule has 0 aliphatic rings. The third-order valence-electron chi connectivity index (χ3n) is 2.22. The molecule has 0 amide bonds. The molecular weight excluding hydrogens is 188 g/mol. The zero-order chi connectivity index (χ0) is 11.4. The zero-order valence-electron chi connectivity index (χ0n) is 10.1. The molecule has 88 valence electrons. The lowest BCUT2D eigenvalue weighted by molar-refractivity contribution is -0.137. The molecule has 0 bridgehead atoms. The van der Waals surface area contributed by atoms with Crippen molar-refractivity contribution >= 4 is 5.97 Å².